The van der Waals surface area contributed by atoms with Gasteiger partial charge in [0.05, 0.1) is 11.7 Å². The minimum Gasteiger partial charge on any atom is -0.461 e. The van der Waals surface area contributed by atoms with Crippen molar-refractivity contribution in [1.82, 2.24) is 31.0 Å². The quantitative estimate of drug-likeness (QED) is 0.269. The van der Waals surface area contributed by atoms with Crippen LogP contribution in [-0.4, -0.2) is 43.4 Å². The number of rotatable bonds is 7. The van der Waals surface area contributed by atoms with Gasteiger partial charge in [-0.1, -0.05) is 63.2 Å². The van der Waals surface area contributed by atoms with Crippen molar-refractivity contribution in [3.05, 3.63) is 65.7 Å². The summed E-state index contributed by atoms with van der Waals surface area (Å²) < 4.78 is 7.26. The normalized spacial score (nSPS) is 12.9. The summed E-state index contributed by atoms with van der Waals surface area (Å²) in [6, 6.07) is 15.8. The lowest BCUT2D eigenvalue weighted by molar-refractivity contribution is -0.157. The number of esters is 1. The molecule has 3 rings (SSSR count). The Bertz CT molecular complexity index is 1240. The van der Waals surface area contributed by atoms with E-state index in [1.165, 1.54) is 0 Å². The molecule has 1 aromatic heterocycles. The number of thiocarbonyl (C=S) groups is 1. The molecule has 0 bridgehead atoms. The summed E-state index contributed by atoms with van der Waals surface area (Å²) in [5.74, 6) is -0.544. The molecule has 0 saturated carbocycles. The first-order valence-electron chi connectivity index (χ1n) is 11.8. The number of hydroxylamine groups is 1. The fourth-order valence-electron chi connectivity index (χ4n) is 3.89. The lowest BCUT2D eigenvalue weighted by Crippen LogP contribution is -2.57. The molecule has 0 amide bonds. The second-order valence-corrected chi connectivity index (χ2v) is 10.5. The molecule has 0 aliphatic rings. The van der Waals surface area contributed by atoms with Gasteiger partial charge in [0.2, 0.25) is 5.11 Å². The maximum absolute atomic E-state index is 13.7. The van der Waals surface area contributed by atoms with Gasteiger partial charge in [0.25, 0.3) is 0 Å². The zero-order valence-corrected chi connectivity index (χ0v) is 22.6. The maximum Gasteiger partial charge on any atom is 0.362 e. The second-order valence-electron chi connectivity index (χ2n) is 10.1. The summed E-state index contributed by atoms with van der Waals surface area (Å²) in [5, 5.41) is 14.7. The highest BCUT2D eigenvalue weighted by Crippen LogP contribution is 2.37. The van der Waals surface area contributed by atoms with Crippen LogP contribution in [0.3, 0.4) is 0 Å². The van der Waals surface area contributed by atoms with E-state index in [1.807, 2.05) is 45.0 Å². The van der Waals surface area contributed by atoms with Crippen molar-refractivity contribution in [2.75, 3.05) is 0 Å². The van der Waals surface area contributed by atoms with Gasteiger partial charge in [0, 0.05) is 12.6 Å². The van der Waals surface area contributed by atoms with Gasteiger partial charge in [-0.25, -0.2) is 14.3 Å². The van der Waals surface area contributed by atoms with E-state index >= 15 is 0 Å². The number of ether oxygens (including phenoxy) is 1. The van der Waals surface area contributed by atoms with Crippen molar-refractivity contribution in [3.63, 3.8) is 0 Å². The summed E-state index contributed by atoms with van der Waals surface area (Å²) in [6.45, 7) is 9.59. The number of nitrogens with zero attached hydrogens (tertiary/aromatic N) is 4. The average Bonchev–Trinajstić information content (AvgIpc) is 3.27. The summed E-state index contributed by atoms with van der Waals surface area (Å²) >= 11 is 5.46. The summed E-state index contributed by atoms with van der Waals surface area (Å²) in [6.07, 6.45) is -0.0414. The van der Waals surface area contributed by atoms with Crippen LogP contribution in [0.1, 0.15) is 57.0 Å². The van der Waals surface area contributed by atoms with Crippen molar-refractivity contribution in [1.29, 1.82) is 0 Å². The summed E-state index contributed by atoms with van der Waals surface area (Å²) in [4.78, 5) is 31.3. The van der Waals surface area contributed by atoms with E-state index in [0.717, 1.165) is 5.56 Å². The maximum atomic E-state index is 13.7. The third-order valence-corrected chi connectivity index (χ3v) is 5.50. The SMILES string of the molecule is CC(C)OC(=O)[C@](CC(C)(C)C)(NC(=S)NOC(=O)c1ccccc1)c1ccc(-c2nnnn2C)cc1. The molecule has 0 unspecified atom stereocenters. The van der Waals surface area contributed by atoms with Gasteiger partial charge in [-0.15, -0.1) is 5.10 Å². The van der Waals surface area contributed by atoms with E-state index in [0.29, 0.717) is 23.4 Å². The van der Waals surface area contributed by atoms with Crippen LogP contribution in [0.5, 0.6) is 0 Å². The molecular formula is C26H32N6O4S. The second kappa shape index (κ2) is 11.5. The molecule has 1 atom stereocenters. The van der Waals surface area contributed by atoms with E-state index in [-0.39, 0.29) is 16.6 Å². The minimum absolute atomic E-state index is 0.0455. The number of hydrogen-bond donors (Lipinski definition) is 2. The molecule has 2 N–H and O–H groups in total. The molecular weight excluding hydrogens is 492 g/mol. The van der Waals surface area contributed by atoms with Gasteiger partial charge in [-0.3, -0.25) is 0 Å². The van der Waals surface area contributed by atoms with Gasteiger partial charge in [-0.05, 0) is 66.0 Å². The Hall–Kier alpha value is -3.86. The number of hydrogen-bond acceptors (Lipinski definition) is 8. The topological polar surface area (TPSA) is 120 Å². The van der Waals surface area contributed by atoms with Crippen LogP contribution in [0.15, 0.2) is 54.6 Å². The van der Waals surface area contributed by atoms with Gasteiger partial charge in [-0.2, -0.15) is 5.48 Å². The first-order chi connectivity index (χ1) is 17.4. The number of benzene rings is 2. The average molecular weight is 525 g/mol. The fourth-order valence-corrected chi connectivity index (χ4v) is 4.11. The highest BCUT2D eigenvalue weighted by Gasteiger charge is 2.46. The van der Waals surface area contributed by atoms with Crippen LogP contribution in [-0.2, 0) is 27.0 Å². The molecule has 3 aromatic rings. The van der Waals surface area contributed by atoms with Crippen molar-refractivity contribution in [2.24, 2.45) is 12.5 Å². The Morgan fingerprint density at radius 1 is 1.05 bits per heavy atom. The van der Waals surface area contributed by atoms with Crippen molar-refractivity contribution in [3.8, 4) is 11.4 Å². The summed E-state index contributed by atoms with van der Waals surface area (Å²) in [7, 11) is 1.75. The number of carbonyl (C=O) groups is 2. The van der Waals surface area contributed by atoms with Crippen LogP contribution in [0, 0.1) is 5.41 Å². The Balaban J connectivity index is 1.95. The highest BCUT2D eigenvalue weighted by atomic mass is 32.1. The smallest absolute Gasteiger partial charge is 0.362 e. The molecule has 0 radical (unpaired) electrons. The van der Waals surface area contributed by atoms with Crippen molar-refractivity contribution < 1.29 is 19.2 Å². The summed E-state index contributed by atoms with van der Waals surface area (Å²) in [5.41, 5.74) is 2.50. The third-order valence-electron chi connectivity index (χ3n) is 5.32. The van der Waals surface area contributed by atoms with Crippen LogP contribution in [0.2, 0.25) is 0 Å². The predicted molar refractivity (Wildman–Crippen MR) is 142 cm³/mol. The number of tetrazole rings is 1. The van der Waals surface area contributed by atoms with Gasteiger partial charge in [0.1, 0.15) is 0 Å². The van der Waals surface area contributed by atoms with Crippen LogP contribution < -0.4 is 10.8 Å². The van der Waals surface area contributed by atoms with Crippen LogP contribution in [0.4, 0.5) is 0 Å². The molecule has 2 aromatic carbocycles. The van der Waals surface area contributed by atoms with E-state index in [1.54, 1.807) is 55.9 Å². The zero-order valence-electron chi connectivity index (χ0n) is 21.8. The molecule has 37 heavy (non-hydrogen) atoms. The molecule has 0 fully saturated rings. The van der Waals surface area contributed by atoms with Crippen molar-refractivity contribution in [2.45, 2.75) is 52.7 Å². The molecule has 0 spiro atoms. The van der Waals surface area contributed by atoms with Gasteiger partial charge in [0.15, 0.2) is 11.4 Å². The van der Waals surface area contributed by atoms with Crippen molar-refractivity contribution >= 4 is 29.3 Å². The lowest BCUT2D eigenvalue weighted by atomic mass is 9.75. The molecule has 1 heterocycles. The van der Waals surface area contributed by atoms with E-state index in [9.17, 15) is 9.59 Å². The Labute approximate surface area is 221 Å². The lowest BCUT2D eigenvalue weighted by Gasteiger charge is -2.39. The Morgan fingerprint density at radius 2 is 1.70 bits per heavy atom. The molecule has 196 valence electrons. The first-order valence-corrected chi connectivity index (χ1v) is 12.2. The molecule has 0 aliphatic heterocycles. The number of nitrogens with one attached hydrogen (secondary N) is 2. The van der Waals surface area contributed by atoms with E-state index < -0.39 is 17.5 Å². The van der Waals surface area contributed by atoms with Gasteiger partial charge >= 0.3 is 11.9 Å². The minimum atomic E-state index is -1.39. The monoisotopic (exact) mass is 524 g/mol. The molecule has 10 nitrogen and oxygen atoms in total. The highest BCUT2D eigenvalue weighted by molar-refractivity contribution is 7.80. The third kappa shape index (κ3) is 7.10. The zero-order chi connectivity index (χ0) is 27.2. The molecule has 11 heteroatoms. The van der Waals surface area contributed by atoms with Gasteiger partial charge < -0.3 is 14.9 Å². The predicted octanol–water partition coefficient (Wildman–Crippen LogP) is 3.70. The number of carbonyl (C=O) groups excluding carboxylic acids is 2. The van der Waals surface area contributed by atoms with E-state index in [4.69, 9.17) is 21.8 Å². The Kier molecular flexibility index (Phi) is 8.59. The van der Waals surface area contributed by atoms with Crippen LogP contribution in [0.25, 0.3) is 11.4 Å². The number of aryl methyl sites for hydroxylation is 1. The molecule has 0 aliphatic carbocycles. The standard InChI is InChI=1S/C26H32N6O4S/c1-17(2)35-23(34)26(16-25(3,4)5,20-14-12-18(13-15-20)21-28-30-31-32(21)6)27-24(37)29-36-22(33)19-10-8-7-9-11-19/h7-15,17H,16H2,1-6H3,(H2,27,29,37)/t26-/m1/s1. The first kappa shape index (κ1) is 27.7. The van der Waals surface area contributed by atoms with Crippen LogP contribution >= 0.6 is 12.2 Å². The largest absolute Gasteiger partial charge is 0.461 e. The fraction of sp³-hybridized carbons (Fsp3) is 0.385. The van der Waals surface area contributed by atoms with E-state index in [2.05, 4.69) is 26.3 Å². The number of aromatic nitrogens is 4. The molecule has 0 saturated heterocycles. The Morgan fingerprint density at radius 3 is 2.24 bits per heavy atom.